The van der Waals surface area contributed by atoms with Gasteiger partial charge in [0.05, 0.1) is 13.2 Å². The number of hydrogen-bond acceptors (Lipinski definition) is 4. The Morgan fingerprint density at radius 3 is 2.18 bits per heavy atom. The zero-order chi connectivity index (χ0) is 15.8. The van der Waals surface area contributed by atoms with E-state index in [-0.39, 0.29) is 18.6 Å². The molecule has 0 radical (unpaired) electrons. The predicted molar refractivity (Wildman–Crippen MR) is 91.2 cm³/mol. The third kappa shape index (κ3) is 4.97. The van der Waals surface area contributed by atoms with Crippen LogP contribution in [0.4, 0.5) is 5.69 Å². The van der Waals surface area contributed by atoms with Gasteiger partial charge in [0.2, 0.25) is 0 Å². The van der Waals surface area contributed by atoms with E-state index >= 15 is 0 Å². The lowest BCUT2D eigenvalue weighted by Crippen LogP contribution is -2.46. The average molecular weight is 306 g/mol. The Morgan fingerprint density at radius 1 is 0.955 bits per heavy atom. The first-order chi connectivity index (χ1) is 10.7. The Balaban J connectivity index is 1.64. The van der Waals surface area contributed by atoms with E-state index in [0.717, 1.165) is 52.0 Å². The fourth-order valence-electron chi connectivity index (χ4n) is 2.96. The number of rotatable bonds is 8. The highest BCUT2D eigenvalue weighted by Crippen LogP contribution is 2.22. The summed E-state index contributed by atoms with van der Waals surface area (Å²) in [5.41, 5.74) is 1.01. The third-order valence-corrected chi connectivity index (χ3v) is 4.76. The molecule has 0 bridgehead atoms. The minimum absolute atomic E-state index is 0.0687. The smallest absolute Gasteiger partial charge is 0.0506 e. The van der Waals surface area contributed by atoms with Gasteiger partial charge in [-0.1, -0.05) is 31.5 Å². The van der Waals surface area contributed by atoms with Crippen LogP contribution in [0.1, 0.15) is 26.2 Å². The van der Waals surface area contributed by atoms with E-state index in [1.165, 1.54) is 5.69 Å². The van der Waals surface area contributed by atoms with Gasteiger partial charge in [-0.3, -0.25) is 4.90 Å². The molecule has 1 aromatic rings. The first-order valence-corrected chi connectivity index (χ1v) is 8.41. The largest absolute Gasteiger partial charge is 0.396 e. The van der Waals surface area contributed by atoms with E-state index in [2.05, 4.69) is 40.1 Å². The molecule has 1 aliphatic heterocycles. The van der Waals surface area contributed by atoms with Crippen molar-refractivity contribution in [2.24, 2.45) is 5.41 Å². The zero-order valence-corrected chi connectivity index (χ0v) is 13.7. The fraction of sp³-hybridized carbons (Fsp3) is 0.667. The molecule has 2 rings (SSSR count). The molecule has 2 N–H and O–H groups in total. The summed E-state index contributed by atoms with van der Waals surface area (Å²) in [4.78, 5) is 4.97. The molecule has 4 nitrogen and oxygen atoms in total. The first-order valence-electron chi connectivity index (χ1n) is 8.41. The summed E-state index contributed by atoms with van der Waals surface area (Å²) in [7, 11) is 0. The standard InChI is InChI=1S/C18H30N2O2/c1-18(15-21,16-22)9-5-6-10-19-11-13-20(14-12-19)17-7-3-2-4-8-17/h2-4,7-8,21-22H,5-6,9-16H2,1H3. The maximum Gasteiger partial charge on any atom is 0.0506 e. The van der Waals surface area contributed by atoms with Crippen LogP contribution in [0.3, 0.4) is 0 Å². The van der Waals surface area contributed by atoms with Gasteiger partial charge in [0.15, 0.2) is 0 Å². The fourth-order valence-corrected chi connectivity index (χ4v) is 2.96. The summed E-state index contributed by atoms with van der Waals surface area (Å²) in [6, 6.07) is 10.6. The number of unbranched alkanes of at least 4 members (excludes halogenated alkanes) is 1. The summed E-state index contributed by atoms with van der Waals surface area (Å²) < 4.78 is 0. The van der Waals surface area contributed by atoms with Gasteiger partial charge in [0.25, 0.3) is 0 Å². The van der Waals surface area contributed by atoms with Gasteiger partial charge >= 0.3 is 0 Å². The molecule has 22 heavy (non-hydrogen) atoms. The van der Waals surface area contributed by atoms with Crippen LogP contribution < -0.4 is 4.90 Å². The Morgan fingerprint density at radius 2 is 1.59 bits per heavy atom. The summed E-state index contributed by atoms with van der Waals surface area (Å²) >= 11 is 0. The van der Waals surface area contributed by atoms with E-state index in [4.69, 9.17) is 0 Å². The van der Waals surface area contributed by atoms with Crippen LogP contribution in [-0.2, 0) is 0 Å². The Kier molecular flexibility index (Phi) is 6.68. The van der Waals surface area contributed by atoms with Gasteiger partial charge in [-0.05, 0) is 31.5 Å². The van der Waals surface area contributed by atoms with Crippen LogP contribution >= 0.6 is 0 Å². The van der Waals surface area contributed by atoms with Crippen LogP contribution in [0.15, 0.2) is 30.3 Å². The van der Waals surface area contributed by atoms with Crippen molar-refractivity contribution in [3.63, 3.8) is 0 Å². The minimum Gasteiger partial charge on any atom is -0.396 e. The molecule has 0 spiro atoms. The highest BCUT2D eigenvalue weighted by molar-refractivity contribution is 5.46. The Hall–Kier alpha value is -1.10. The summed E-state index contributed by atoms with van der Waals surface area (Å²) in [5, 5.41) is 18.6. The van der Waals surface area contributed by atoms with E-state index in [1.807, 2.05) is 6.92 Å². The molecule has 1 fully saturated rings. The van der Waals surface area contributed by atoms with Crippen molar-refractivity contribution in [3.05, 3.63) is 30.3 Å². The van der Waals surface area contributed by atoms with Gasteiger partial charge in [0.1, 0.15) is 0 Å². The van der Waals surface area contributed by atoms with Gasteiger partial charge < -0.3 is 15.1 Å². The van der Waals surface area contributed by atoms with Gasteiger partial charge in [-0.15, -0.1) is 0 Å². The lowest BCUT2D eigenvalue weighted by molar-refractivity contribution is 0.0598. The van der Waals surface area contributed by atoms with Crippen molar-refractivity contribution in [2.75, 3.05) is 50.8 Å². The molecule has 1 aliphatic rings. The molecule has 0 amide bonds. The van der Waals surface area contributed by atoms with Crippen molar-refractivity contribution >= 4 is 5.69 Å². The lowest BCUT2D eigenvalue weighted by atomic mass is 9.87. The van der Waals surface area contributed by atoms with Crippen LogP contribution in [0.5, 0.6) is 0 Å². The number of aliphatic hydroxyl groups excluding tert-OH is 2. The number of aliphatic hydroxyl groups is 2. The molecule has 0 saturated carbocycles. The maximum atomic E-state index is 9.29. The molecular weight excluding hydrogens is 276 g/mol. The predicted octanol–water partition coefficient (Wildman–Crippen LogP) is 1.97. The second-order valence-corrected chi connectivity index (χ2v) is 6.75. The second kappa shape index (κ2) is 8.51. The highest BCUT2D eigenvalue weighted by Gasteiger charge is 2.22. The van der Waals surface area contributed by atoms with Crippen LogP contribution in [-0.4, -0.2) is 61.1 Å². The molecule has 0 aliphatic carbocycles. The Bertz CT molecular complexity index is 412. The molecular formula is C18H30N2O2. The van der Waals surface area contributed by atoms with Crippen molar-refractivity contribution in [2.45, 2.75) is 26.2 Å². The number of hydrogen-bond donors (Lipinski definition) is 2. The zero-order valence-electron chi connectivity index (χ0n) is 13.7. The third-order valence-electron chi connectivity index (χ3n) is 4.76. The quantitative estimate of drug-likeness (QED) is 0.721. The van der Waals surface area contributed by atoms with Gasteiger partial charge in [0, 0.05) is 37.3 Å². The van der Waals surface area contributed by atoms with Crippen LogP contribution in [0.2, 0.25) is 0 Å². The van der Waals surface area contributed by atoms with Gasteiger partial charge in [-0.2, -0.15) is 0 Å². The average Bonchev–Trinajstić information content (AvgIpc) is 2.60. The van der Waals surface area contributed by atoms with Crippen molar-refractivity contribution in [1.82, 2.24) is 4.90 Å². The summed E-state index contributed by atoms with van der Waals surface area (Å²) in [5.74, 6) is 0. The molecule has 4 heteroatoms. The van der Waals surface area contributed by atoms with E-state index < -0.39 is 0 Å². The monoisotopic (exact) mass is 306 g/mol. The SMILES string of the molecule is CC(CO)(CO)CCCCN1CCN(c2ccccc2)CC1. The van der Waals surface area contributed by atoms with Crippen LogP contribution in [0.25, 0.3) is 0 Å². The van der Waals surface area contributed by atoms with Crippen LogP contribution in [0, 0.1) is 5.41 Å². The highest BCUT2D eigenvalue weighted by atomic mass is 16.3. The topological polar surface area (TPSA) is 46.9 Å². The van der Waals surface area contributed by atoms with Crippen molar-refractivity contribution < 1.29 is 10.2 Å². The van der Waals surface area contributed by atoms with Crippen molar-refractivity contribution in [3.8, 4) is 0 Å². The van der Waals surface area contributed by atoms with E-state index in [1.54, 1.807) is 0 Å². The number of piperazine rings is 1. The molecule has 0 atom stereocenters. The second-order valence-electron chi connectivity index (χ2n) is 6.75. The maximum absolute atomic E-state index is 9.29. The molecule has 0 aromatic heterocycles. The number of nitrogens with zero attached hydrogens (tertiary/aromatic N) is 2. The minimum atomic E-state index is -0.313. The number of benzene rings is 1. The van der Waals surface area contributed by atoms with E-state index in [0.29, 0.717) is 0 Å². The summed E-state index contributed by atoms with van der Waals surface area (Å²) in [6.07, 6.45) is 3.10. The van der Waals surface area contributed by atoms with Gasteiger partial charge in [-0.25, -0.2) is 0 Å². The lowest BCUT2D eigenvalue weighted by Gasteiger charge is -2.36. The number of anilines is 1. The Labute approximate surface area is 134 Å². The molecule has 0 unspecified atom stereocenters. The summed E-state index contributed by atoms with van der Waals surface area (Å²) in [6.45, 7) is 7.63. The molecule has 1 saturated heterocycles. The number of para-hydroxylation sites is 1. The molecule has 1 aromatic carbocycles. The first kappa shape index (κ1) is 17.3. The van der Waals surface area contributed by atoms with E-state index in [9.17, 15) is 10.2 Å². The molecule has 124 valence electrons. The molecule has 1 heterocycles. The normalized spacial score (nSPS) is 17.0. The van der Waals surface area contributed by atoms with Crippen molar-refractivity contribution in [1.29, 1.82) is 0 Å².